The Morgan fingerprint density at radius 2 is 2.19 bits per heavy atom. The van der Waals surface area contributed by atoms with E-state index in [9.17, 15) is 0 Å². The van der Waals surface area contributed by atoms with Gasteiger partial charge in [-0.05, 0) is 18.6 Å². The van der Waals surface area contributed by atoms with Gasteiger partial charge in [-0.3, -0.25) is 4.98 Å². The summed E-state index contributed by atoms with van der Waals surface area (Å²) < 4.78 is 5.25. The number of nitrogens with zero attached hydrogens (tertiary/aromatic N) is 1. The summed E-state index contributed by atoms with van der Waals surface area (Å²) in [5.41, 5.74) is 6.99. The van der Waals surface area contributed by atoms with Gasteiger partial charge in [-0.15, -0.1) is 0 Å². The van der Waals surface area contributed by atoms with Gasteiger partial charge in [0.1, 0.15) is 5.75 Å². The number of nitrogens with two attached hydrogens (primary N) is 1. The summed E-state index contributed by atoms with van der Waals surface area (Å²) in [5, 5.41) is 0. The van der Waals surface area contributed by atoms with Gasteiger partial charge in [-0.25, -0.2) is 0 Å². The van der Waals surface area contributed by atoms with Crippen molar-refractivity contribution in [2.75, 3.05) is 7.11 Å². The first kappa shape index (κ1) is 13.0. The molecule has 0 aliphatic carbocycles. The van der Waals surface area contributed by atoms with E-state index in [4.69, 9.17) is 10.5 Å². The highest BCUT2D eigenvalue weighted by Gasteiger charge is 2.12. The minimum atomic E-state index is -0.00648. The fourth-order valence-electron chi connectivity index (χ4n) is 1.78. The Labute approximate surface area is 98.0 Å². The minimum absolute atomic E-state index is 0.00648. The van der Waals surface area contributed by atoms with E-state index in [-0.39, 0.29) is 6.04 Å². The first-order valence-electron chi connectivity index (χ1n) is 6.04. The van der Waals surface area contributed by atoms with Crippen LogP contribution in [0.15, 0.2) is 18.3 Å². The van der Waals surface area contributed by atoms with Crippen LogP contribution < -0.4 is 10.5 Å². The van der Waals surface area contributed by atoms with E-state index in [0.29, 0.717) is 0 Å². The van der Waals surface area contributed by atoms with Crippen LogP contribution in [0.3, 0.4) is 0 Å². The number of rotatable bonds is 7. The average molecular weight is 222 g/mol. The molecular formula is C13H22N2O. The molecule has 1 atom stereocenters. The Hall–Kier alpha value is -1.09. The maximum Gasteiger partial charge on any atom is 0.141 e. The molecular weight excluding hydrogens is 200 g/mol. The summed E-state index contributed by atoms with van der Waals surface area (Å²) in [6.07, 6.45) is 7.69. The van der Waals surface area contributed by atoms with Crippen LogP contribution in [0.1, 0.15) is 50.8 Å². The van der Waals surface area contributed by atoms with E-state index in [2.05, 4.69) is 11.9 Å². The Bertz CT molecular complexity index is 302. The van der Waals surface area contributed by atoms with Gasteiger partial charge in [0.05, 0.1) is 18.8 Å². The first-order chi connectivity index (χ1) is 7.79. The third-order valence-corrected chi connectivity index (χ3v) is 2.74. The van der Waals surface area contributed by atoms with Crippen LogP contribution in [0.5, 0.6) is 5.75 Å². The van der Waals surface area contributed by atoms with Crippen LogP contribution in [-0.2, 0) is 0 Å². The molecule has 1 unspecified atom stereocenters. The summed E-state index contributed by atoms with van der Waals surface area (Å²) in [7, 11) is 1.66. The number of methoxy groups -OCH3 is 1. The fourth-order valence-corrected chi connectivity index (χ4v) is 1.78. The number of ether oxygens (including phenoxy) is 1. The predicted molar refractivity (Wildman–Crippen MR) is 66.5 cm³/mol. The van der Waals surface area contributed by atoms with Crippen LogP contribution in [0.25, 0.3) is 0 Å². The quantitative estimate of drug-likeness (QED) is 0.721. The standard InChI is InChI=1S/C13H22N2O/c1-3-4-5-6-8-11(14)13-12(16-2)9-7-10-15-13/h7,9-11H,3-6,8,14H2,1-2H3. The molecule has 2 N–H and O–H groups in total. The Morgan fingerprint density at radius 1 is 1.38 bits per heavy atom. The lowest BCUT2D eigenvalue weighted by atomic mass is 10.0. The highest BCUT2D eigenvalue weighted by molar-refractivity contribution is 5.29. The summed E-state index contributed by atoms with van der Waals surface area (Å²) >= 11 is 0. The molecule has 1 heterocycles. The zero-order valence-electron chi connectivity index (χ0n) is 10.3. The first-order valence-corrected chi connectivity index (χ1v) is 6.04. The molecule has 0 bridgehead atoms. The van der Waals surface area contributed by atoms with Crippen molar-refractivity contribution >= 4 is 0 Å². The lowest BCUT2D eigenvalue weighted by molar-refractivity contribution is 0.399. The van der Waals surface area contributed by atoms with Crippen molar-refractivity contribution in [3.63, 3.8) is 0 Å². The van der Waals surface area contributed by atoms with Crippen LogP contribution >= 0.6 is 0 Å². The van der Waals surface area contributed by atoms with Crippen molar-refractivity contribution in [1.29, 1.82) is 0 Å². The molecule has 1 rings (SSSR count). The van der Waals surface area contributed by atoms with Gasteiger partial charge in [0, 0.05) is 6.20 Å². The lowest BCUT2D eigenvalue weighted by Crippen LogP contribution is -2.13. The molecule has 0 radical (unpaired) electrons. The molecule has 0 aliphatic rings. The zero-order chi connectivity index (χ0) is 11.8. The Kier molecular flexibility index (Phi) is 5.86. The molecule has 3 heteroatoms. The highest BCUT2D eigenvalue weighted by Crippen LogP contribution is 2.24. The smallest absolute Gasteiger partial charge is 0.141 e. The number of pyridine rings is 1. The van der Waals surface area contributed by atoms with Crippen LogP contribution in [0, 0.1) is 0 Å². The zero-order valence-corrected chi connectivity index (χ0v) is 10.3. The monoisotopic (exact) mass is 222 g/mol. The molecule has 0 aromatic carbocycles. The molecule has 0 amide bonds. The summed E-state index contributed by atoms with van der Waals surface area (Å²) in [6.45, 7) is 2.21. The second-order valence-electron chi connectivity index (χ2n) is 4.05. The molecule has 0 spiro atoms. The molecule has 1 aromatic heterocycles. The Morgan fingerprint density at radius 3 is 2.88 bits per heavy atom. The molecule has 0 fully saturated rings. The van der Waals surface area contributed by atoms with E-state index < -0.39 is 0 Å². The maximum absolute atomic E-state index is 6.11. The number of hydrogen-bond donors (Lipinski definition) is 1. The molecule has 0 aliphatic heterocycles. The molecule has 16 heavy (non-hydrogen) atoms. The molecule has 1 aromatic rings. The number of hydrogen-bond acceptors (Lipinski definition) is 3. The van der Waals surface area contributed by atoms with Gasteiger partial charge in [0.25, 0.3) is 0 Å². The van der Waals surface area contributed by atoms with Crippen molar-refractivity contribution < 1.29 is 4.74 Å². The van der Waals surface area contributed by atoms with Crippen molar-refractivity contribution in [3.8, 4) is 5.75 Å². The average Bonchev–Trinajstić information content (AvgIpc) is 2.34. The van der Waals surface area contributed by atoms with E-state index >= 15 is 0 Å². The van der Waals surface area contributed by atoms with Crippen molar-refractivity contribution in [1.82, 2.24) is 4.98 Å². The summed E-state index contributed by atoms with van der Waals surface area (Å²) in [5.74, 6) is 0.797. The third-order valence-electron chi connectivity index (χ3n) is 2.74. The van der Waals surface area contributed by atoms with Crippen molar-refractivity contribution in [2.45, 2.75) is 45.1 Å². The number of aromatic nitrogens is 1. The normalized spacial score (nSPS) is 12.4. The third kappa shape index (κ3) is 3.81. The maximum atomic E-state index is 6.11. The van der Waals surface area contributed by atoms with Gasteiger partial charge >= 0.3 is 0 Å². The van der Waals surface area contributed by atoms with Crippen molar-refractivity contribution in [3.05, 3.63) is 24.0 Å². The van der Waals surface area contributed by atoms with Crippen LogP contribution in [0.2, 0.25) is 0 Å². The van der Waals surface area contributed by atoms with E-state index in [1.807, 2.05) is 12.1 Å². The van der Waals surface area contributed by atoms with E-state index in [1.165, 1.54) is 19.3 Å². The van der Waals surface area contributed by atoms with Gasteiger partial charge in [0.15, 0.2) is 0 Å². The lowest BCUT2D eigenvalue weighted by Gasteiger charge is -2.13. The topological polar surface area (TPSA) is 48.1 Å². The summed E-state index contributed by atoms with van der Waals surface area (Å²) in [4.78, 5) is 4.30. The Balaban J connectivity index is 2.48. The van der Waals surface area contributed by atoms with E-state index in [1.54, 1.807) is 13.3 Å². The molecule has 0 saturated heterocycles. The molecule has 3 nitrogen and oxygen atoms in total. The SMILES string of the molecule is CCCCCCC(N)c1ncccc1OC. The van der Waals surface area contributed by atoms with E-state index in [0.717, 1.165) is 24.3 Å². The number of unbranched alkanes of at least 4 members (excludes halogenated alkanes) is 3. The molecule has 90 valence electrons. The second kappa shape index (κ2) is 7.23. The highest BCUT2D eigenvalue weighted by atomic mass is 16.5. The minimum Gasteiger partial charge on any atom is -0.495 e. The van der Waals surface area contributed by atoms with Gasteiger partial charge < -0.3 is 10.5 Å². The van der Waals surface area contributed by atoms with Gasteiger partial charge in [-0.2, -0.15) is 0 Å². The largest absolute Gasteiger partial charge is 0.495 e. The fraction of sp³-hybridized carbons (Fsp3) is 0.615. The van der Waals surface area contributed by atoms with Gasteiger partial charge in [0.2, 0.25) is 0 Å². The summed E-state index contributed by atoms with van der Waals surface area (Å²) in [6, 6.07) is 3.77. The second-order valence-corrected chi connectivity index (χ2v) is 4.05. The molecule has 0 saturated carbocycles. The van der Waals surface area contributed by atoms with Gasteiger partial charge in [-0.1, -0.05) is 32.6 Å². The van der Waals surface area contributed by atoms with Crippen LogP contribution in [-0.4, -0.2) is 12.1 Å². The van der Waals surface area contributed by atoms with Crippen molar-refractivity contribution in [2.24, 2.45) is 5.73 Å². The predicted octanol–water partition coefficient (Wildman–Crippen LogP) is 3.06. The van der Waals surface area contributed by atoms with Crippen LogP contribution in [0.4, 0.5) is 0 Å².